The molecule has 1 aromatic heterocycles. The van der Waals surface area contributed by atoms with Gasteiger partial charge < -0.3 is 0 Å². The Hall–Kier alpha value is -1.32. The second-order valence-electron chi connectivity index (χ2n) is 2.77. The third-order valence-electron chi connectivity index (χ3n) is 1.71. The van der Waals surface area contributed by atoms with Crippen LogP contribution in [0.5, 0.6) is 0 Å². The fourth-order valence-electron chi connectivity index (χ4n) is 1.11. The smallest absolute Gasteiger partial charge is 0.258 e. The van der Waals surface area contributed by atoms with E-state index in [1.54, 1.807) is 0 Å². The van der Waals surface area contributed by atoms with Gasteiger partial charge in [0.25, 0.3) is 12.1 Å². The normalized spacial score (nSPS) is 11.9. The molecule has 1 heterocycles. The minimum atomic E-state index is -5.18. The van der Waals surface area contributed by atoms with Crippen LogP contribution >= 0.6 is 15.9 Å². The number of nitro groups is 1. The molecule has 0 spiro atoms. The van der Waals surface area contributed by atoms with Crippen LogP contribution in [0.15, 0.2) is 10.7 Å². The molecular weight excluding hydrogens is 319 g/mol. The maximum atomic E-state index is 12.5. The number of alkyl halides is 5. The zero-order valence-electron chi connectivity index (χ0n) is 7.63. The van der Waals surface area contributed by atoms with Gasteiger partial charge in [0.15, 0.2) is 5.69 Å². The zero-order valence-corrected chi connectivity index (χ0v) is 9.22. The molecule has 0 aliphatic heterocycles. The number of rotatable bonds is 2. The number of aromatic nitrogens is 1. The number of hydrogen-bond donors (Lipinski definition) is 0. The van der Waals surface area contributed by atoms with Crippen molar-refractivity contribution in [3.05, 3.63) is 32.0 Å². The predicted octanol–water partition coefficient (Wildman–Crippen LogP) is 3.71. The third-order valence-corrected chi connectivity index (χ3v) is 2.29. The minimum Gasteiger partial charge on any atom is -0.258 e. The number of halogens is 6. The van der Waals surface area contributed by atoms with Gasteiger partial charge in [0, 0.05) is 6.20 Å². The second-order valence-corrected chi connectivity index (χ2v) is 3.63. The van der Waals surface area contributed by atoms with Gasteiger partial charge in [-0.05, 0) is 15.9 Å². The van der Waals surface area contributed by atoms with Crippen molar-refractivity contribution in [2.75, 3.05) is 0 Å². The van der Waals surface area contributed by atoms with E-state index >= 15 is 0 Å². The summed E-state index contributed by atoms with van der Waals surface area (Å²) >= 11 is 2.51. The van der Waals surface area contributed by atoms with Gasteiger partial charge in [0.2, 0.25) is 0 Å². The van der Waals surface area contributed by atoms with Gasteiger partial charge in [0.05, 0.1) is 4.92 Å². The van der Waals surface area contributed by atoms with Crippen molar-refractivity contribution in [3.63, 3.8) is 0 Å². The van der Waals surface area contributed by atoms with E-state index in [2.05, 4.69) is 20.9 Å². The van der Waals surface area contributed by atoms with Crippen molar-refractivity contribution >= 4 is 21.6 Å². The molecule has 0 saturated heterocycles. The molecule has 0 atom stereocenters. The number of nitrogens with zero attached hydrogens (tertiary/aromatic N) is 2. The fraction of sp³-hybridized carbons (Fsp3) is 0.286. The molecule has 4 nitrogen and oxygen atoms in total. The van der Waals surface area contributed by atoms with E-state index in [0.717, 1.165) is 0 Å². The fourth-order valence-corrected chi connectivity index (χ4v) is 1.57. The summed E-state index contributed by atoms with van der Waals surface area (Å²) < 4.78 is 61.5. The van der Waals surface area contributed by atoms with E-state index in [-0.39, 0.29) is 0 Å². The van der Waals surface area contributed by atoms with E-state index in [1.807, 2.05) is 0 Å². The van der Waals surface area contributed by atoms with E-state index in [9.17, 15) is 32.1 Å². The van der Waals surface area contributed by atoms with E-state index < -0.39 is 38.9 Å². The maximum Gasteiger partial charge on any atom is 0.434 e. The predicted molar refractivity (Wildman–Crippen MR) is 48.6 cm³/mol. The Bertz CT molecular complexity index is 462. The van der Waals surface area contributed by atoms with Gasteiger partial charge in [-0.25, -0.2) is 13.8 Å². The van der Waals surface area contributed by atoms with Gasteiger partial charge in [0.1, 0.15) is 10.0 Å². The summed E-state index contributed by atoms with van der Waals surface area (Å²) in [5, 5.41) is 10.5. The molecule has 0 radical (unpaired) electrons. The van der Waals surface area contributed by atoms with Crippen LogP contribution < -0.4 is 0 Å². The van der Waals surface area contributed by atoms with Crippen LogP contribution in [-0.4, -0.2) is 9.91 Å². The molecule has 94 valence electrons. The van der Waals surface area contributed by atoms with Crippen molar-refractivity contribution in [2.24, 2.45) is 0 Å². The van der Waals surface area contributed by atoms with E-state index in [1.165, 1.54) is 0 Å². The van der Waals surface area contributed by atoms with Gasteiger partial charge in [-0.1, -0.05) is 0 Å². The standard InChI is InChI=1S/C7H2BrF5N2O2/c8-2-1-14-5(7(11,12)13)3(6(9)10)4(2)15(16)17/h1,6H. The molecular formula is C7H2BrF5N2O2. The van der Waals surface area contributed by atoms with Crippen molar-refractivity contribution in [1.29, 1.82) is 0 Å². The summed E-state index contributed by atoms with van der Waals surface area (Å²) in [4.78, 5) is 11.9. The average molecular weight is 321 g/mol. The summed E-state index contributed by atoms with van der Waals surface area (Å²) in [5.41, 5.74) is -5.03. The topological polar surface area (TPSA) is 56.0 Å². The van der Waals surface area contributed by atoms with Gasteiger partial charge in [-0.2, -0.15) is 13.2 Å². The lowest BCUT2D eigenvalue weighted by molar-refractivity contribution is -0.387. The maximum absolute atomic E-state index is 12.5. The molecule has 0 unspecified atom stereocenters. The molecule has 0 fully saturated rings. The van der Waals surface area contributed by atoms with Crippen LogP contribution in [0.3, 0.4) is 0 Å². The van der Waals surface area contributed by atoms with Crippen LogP contribution in [0.2, 0.25) is 0 Å². The molecule has 1 rings (SSSR count). The molecule has 0 N–H and O–H groups in total. The quantitative estimate of drug-likeness (QED) is 0.474. The summed E-state index contributed by atoms with van der Waals surface area (Å²) in [6, 6.07) is 0. The number of pyridine rings is 1. The lowest BCUT2D eigenvalue weighted by Gasteiger charge is -2.11. The zero-order chi connectivity index (χ0) is 13.4. The summed E-state index contributed by atoms with van der Waals surface area (Å²) in [6.07, 6.45) is -8.37. The number of hydrogen-bond acceptors (Lipinski definition) is 3. The monoisotopic (exact) mass is 320 g/mol. The van der Waals surface area contributed by atoms with Crippen molar-refractivity contribution in [2.45, 2.75) is 12.6 Å². The van der Waals surface area contributed by atoms with E-state index in [4.69, 9.17) is 0 Å². The Kier molecular flexibility index (Phi) is 3.65. The lowest BCUT2D eigenvalue weighted by Crippen LogP contribution is -2.14. The Morgan fingerprint density at radius 3 is 2.29 bits per heavy atom. The summed E-state index contributed by atoms with van der Waals surface area (Å²) in [6.45, 7) is 0. The molecule has 0 amide bonds. The molecule has 10 heteroatoms. The largest absolute Gasteiger partial charge is 0.434 e. The first-order valence-corrected chi connectivity index (χ1v) is 4.63. The second kappa shape index (κ2) is 4.51. The van der Waals surface area contributed by atoms with Crippen LogP contribution in [0.1, 0.15) is 17.7 Å². The van der Waals surface area contributed by atoms with Crippen LogP contribution in [0.4, 0.5) is 27.6 Å². The summed E-state index contributed by atoms with van der Waals surface area (Å²) in [7, 11) is 0. The van der Waals surface area contributed by atoms with Gasteiger partial charge in [-0.15, -0.1) is 0 Å². The third kappa shape index (κ3) is 2.68. The SMILES string of the molecule is O=[N+]([O-])c1c(Br)cnc(C(F)(F)F)c1C(F)F. The first-order valence-electron chi connectivity index (χ1n) is 3.84. The minimum absolute atomic E-state index is 0.465. The molecule has 0 aliphatic carbocycles. The molecule has 0 aliphatic rings. The highest BCUT2D eigenvalue weighted by molar-refractivity contribution is 9.10. The molecule has 1 aromatic rings. The van der Waals surface area contributed by atoms with Crippen molar-refractivity contribution in [3.8, 4) is 0 Å². The van der Waals surface area contributed by atoms with Gasteiger partial charge in [-0.3, -0.25) is 10.1 Å². The first-order chi connectivity index (χ1) is 7.66. The lowest BCUT2D eigenvalue weighted by atomic mass is 10.1. The van der Waals surface area contributed by atoms with E-state index in [0.29, 0.717) is 6.20 Å². The first kappa shape index (κ1) is 13.7. The Morgan fingerprint density at radius 1 is 1.41 bits per heavy atom. The van der Waals surface area contributed by atoms with Crippen LogP contribution in [-0.2, 0) is 6.18 Å². The molecule has 0 bridgehead atoms. The van der Waals surface area contributed by atoms with Crippen molar-refractivity contribution in [1.82, 2.24) is 4.98 Å². The van der Waals surface area contributed by atoms with Crippen LogP contribution in [0, 0.1) is 10.1 Å². The Morgan fingerprint density at radius 2 is 1.94 bits per heavy atom. The highest BCUT2D eigenvalue weighted by Gasteiger charge is 2.42. The highest BCUT2D eigenvalue weighted by atomic mass is 79.9. The molecule has 17 heavy (non-hydrogen) atoms. The Labute approximate surface area is 98.7 Å². The molecule has 0 saturated carbocycles. The molecule has 0 aromatic carbocycles. The Balaban J connectivity index is 3.65. The highest BCUT2D eigenvalue weighted by Crippen LogP contribution is 2.42. The average Bonchev–Trinajstić information content (AvgIpc) is 2.14. The van der Waals surface area contributed by atoms with Crippen LogP contribution in [0.25, 0.3) is 0 Å². The van der Waals surface area contributed by atoms with Gasteiger partial charge >= 0.3 is 6.18 Å². The summed E-state index contributed by atoms with van der Waals surface area (Å²) in [5.74, 6) is 0. The van der Waals surface area contributed by atoms with Crippen molar-refractivity contribution < 1.29 is 26.9 Å².